The largest absolute Gasteiger partial charge is 0.310 e. The van der Waals surface area contributed by atoms with Crippen molar-refractivity contribution in [2.24, 2.45) is 0 Å². The highest BCUT2D eigenvalue weighted by Crippen LogP contribution is 2.28. The molecule has 0 aromatic heterocycles. The van der Waals surface area contributed by atoms with Crippen molar-refractivity contribution in [1.82, 2.24) is 5.32 Å². The van der Waals surface area contributed by atoms with Crippen molar-refractivity contribution in [3.8, 4) is 11.1 Å². The smallest absolute Gasteiger partial charge is 0.0409 e. The lowest BCUT2D eigenvalue weighted by atomic mass is 9.99. The fourth-order valence-corrected chi connectivity index (χ4v) is 2.55. The Bertz CT molecular complexity index is 566. The maximum atomic E-state index is 6.11. The van der Waals surface area contributed by atoms with Crippen LogP contribution in [0.2, 0.25) is 5.02 Å². The van der Waals surface area contributed by atoms with Crippen molar-refractivity contribution in [2.75, 3.05) is 0 Å². The quantitative estimate of drug-likeness (QED) is 0.801. The third-order valence-electron chi connectivity index (χ3n) is 2.90. The van der Waals surface area contributed by atoms with Gasteiger partial charge in [0.15, 0.2) is 0 Å². The molecule has 1 N–H and O–H groups in total. The third kappa shape index (κ3) is 4.07. The first-order chi connectivity index (χ1) is 9.06. The van der Waals surface area contributed by atoms with Crippen LogP contribution in [0.25, 0.3) is 11.1 Å². The van der Waals surface area contributed by atoms with Crippen molar-refractivity contribution >= 4 is 27.5 Å². The Kier molecular flexibility index (Phi) is 5.03. The molecule has 19 heavy (non-hydrogen) atoms. The summed E-state index contributed by atoms with van der Waals surface area (Å²) in [4.78, 5) is 0. The molecule has 0 fully saturated rings. The van der Waals surface area contributed by atoms with Gasteiger partial charge in [-0.3, -0.25) is 0 Å². The predicted octanol–water partition coefficient (Wildman–Crippen LogP) is 5.27. The zero-order valence-corrected chi connectivity index (χ0v) is 13.4. The van der Waals surface area contributed by atoms with E-state index in [0.29, 0.717) is 6.04 Å². The van der Waals surface area contributed by atoms with Gasteiger partial charge < -0.3 is 5.32 Å². The summed E-state index contributed by atoms with van der Waals surface area (Å²) in [6, 6.07) is 14.8. The van der Waals surface area contributed by atoms with Crippen LogP contribution in [0.15, 0.2) is 46.9 Å². The maximum Gasteiger partial charge on any atom is 0.0409 e. The highest BCUT2D eigenvalue weighted by atomic mass is 79.9. The SMILES string of the molecule is CC(C)NCc1cc(Cl)ccc1-c1cccc(Br)c1. The molecule has 0 aliphatic rings. The average Bonchev–Trinajstić information content (AvgIpc) is 2.36. The lowest BCUT2D eigenvalue weighted by Gasteiger charge is -2.13. The van der Waals surface area contributed by atoms with Crippen LogP contribution in [0.5, 0.6) is 0 Å². The Morgan fingerprint density at radius 1 is 1.16 bits per heavy atom. The van der Waals surface area contributed by atoms with Crippen LogP contribution < -0.4 is 5.32 Å². The first kappa shape index (κ1) is 14.6. The highest BCUT2D eigenvalue weighted by Gasteiger charge is 2.07. The Balaban J connectivity index is 2.38. The van der Waals surface area contributed by atoms with Crippen LogP contribution in [-0.4, -0.2) is 6.04 Å². The van der Waals surface area contributed by atoms with Crippen molar-refractivity contribution in [2.45, 2.75) is 26.4 Å². The van der Waals surface area contributed by atoms with Crippen LogP contribution >= 0.6 is 27.5 Å². The molecule has 0 radical (unpaired) electrons. The van der Waals surface area contributed by atoms with Gasteiger partial charge in [0, 0.05) is 22.1 Å². The van der Waals surface area contributed by atoms with E-state index in [-0.39, 0.29) is 0 Å². The summed E-state index contributed by atoms with van der Waals surface area (Å²) in [6.07, 6.45) is 0. The van der Waals surface area contributed by atoms with E-state index in [4.69, 9.17) is 11.6 Å². The molecule has 0 aliphatic carbocycles. The molecule has 0 saturated heterocycles. The topological polar surface area (TPSA) is 12.0 Å². The van der Waals surface area contributed by atoms with Crippen LogP contribution in [0.1, 0.15) is 19.4 Å². The van der Waals surface area contributed by atoms with Gasteiger partial charge >= 0.3 is 0 Å². The average molecular weight is 339 g/mol. The number of rotatable bonds is 4. The molecule has 100 valence electrons. The fourth-order valence-electron chi connectivity index (χ4n) is 1.96. The molecule has 0 unspecified atom stereocenters. The van der Waals surface area contributed by atoms with Gasteiger partial charge in [0.05, 0.1) is 0 Å². The van der Waals surface area contributed by atoms with E-state index in [1.807, 2.05) is 24.3 Å². The van der Waals surface area contributed by atoms with E-state index >= 15 is 0 Å². The van der Waals surface area contributed by atoms with Gasteiger partial charge in [-0.2, -0.15) is 0 Å². The van der Waals surface area contributed by atoms with Crippen molar-refractivity contribution in [3.05, 3.63) is 57.5 Å². The van der Waals surface area contributed by atoms with E-state index < -0.39 is 0 Å². The molecular formula is C16H17BrClN. The Labute approximate surface area is 128 Å². The normalized spacial score (nSPS) is 11.0. The molecule has 0 saturated carbocycles. The second kappa shape index (κ2) is 6.56. The summed E-state index contributed by atoms with van der Waals surface area (Å²) in [5, 5.41) is 4.22. The second-order valence-corrected chi connectivity index (χ2v) is 6.20. The standard InChI is InChI=1S/C16H17BrClN/c1-11(2)19-10-13-9-15(18)6-7-16(13)12-4-3-5-14(17)8-12/h3-9,11,19H,10H2,1-2H3. The van der Waals surface area contributed by atoms with E-state index in [1.165, 1.54) is 16.7 Å². The minimum atomic E-state index is 0.453. The molecule has 3 heteroatoms. The molecule has 0 amide bonds. The van der Waals surface area contributed by atoms with Crippen molar-refractivity contribution < 1.29 is 0 Å². The monoisotopic (exact) mass is 337 g/mol. The van der Waals surface area contributed by atoms with Crippen LogP contribution in [0, 0.1) is 0 Å². The van der Waals surface area contributed by atoms with Gasteiger partial charge in [-0.25, -0.2) is 0 Å². The molecule has 0 aliphatic heterocycles. The molecule has 0 atom stereocenters. The van der Waals surface area contributed by atoms with Gasteiger partial charge in [-0.15, -0.1) is 0 Å². The van der Waals surface area contributed by atoms with Gasteiger partial charge in [-0.05, 0) is 41.0 Å². The van der Waals surface area contributed by atoms with Crippen LogP contribution in [0.4, 0.5) is 0 Å². The predicted molar refractivity (Wildman–Crippen MR) is 86.6 cm³/mol. The summed E-state index contributed by atoms with van der Waals surface area (Å²) < 4.78 is 1.09. The number of benzene rings is 2. The summed E-state index contributed by atoms with van der Waals surface area (Å²) in [5.74, 6) is 0. The maximum absolute atomic E-state index is 6.11. The van der Waals surface area contributed by atoms with Crippen molar-refractivity contribution in [1.29, 1.82) is 0 Å². The van der Waals surface area contributed by atoms with E-state index in [0.717, 1.165) is 16.0 Å². The molecule has 0 bridgehead atoms. The van der Waals surface area contributed by atoms with Crippen molar-refractivity contribution in [3.63, 3.8) is 0 Å². The fraction of sp³-hybridized carbons (Fsp3) is 0.250. The summed E-state index contributed by atoms with van der Waals surface area (Å²) in [6.45, 7) is 5.10. The van der Waals surface area contributed by atoms with Gasteiger partial charge in [0.1, 0.15) is 0 Å². The Morgan fingerprint density at radius 2 is 1.95 bits per heavy atom. The molecule has 1 nitrogen and oxygen atoms in total. The Morgan fingerprint density at radius 3 is 2.63 bits per heavy atom. The molecule has 2 aromatic rings. The zero-order valence-electron chi connectivity index (χ0n) is 11.1. The Hall–Kier alpha value is -0.830. The van der Waals surface area contributed by atoms with E-state index in [2.05, 4.69) is 53.3 Å². The van der Waals surface area contributed by atoms with E-state index in [9.17, 15) is 0 Å². The minimum absolute atomic E-state index is 0.453. The lowest BCUT2D eigenvalue weighted by Crippen LogP contribution is -2.22. The second-order valence-electron chi connectivity index (χ2n) is 4.85. The molecule has 0 heterocycles. The number of hydrogen-bond acceptors (Lipinski definition) is 1. The number of nitrogens with one attached hydrogen (secondary N) is 1. The first-order valence-corrected chi connectivity index (χ1v) is 7.51. The molecule has 0 spiro atoms. The summed E-state index contributed by atoms with van der Waals surface area (Å²) in [7, 11) is 0. The number of hydrogen-bond donors (Lipinski definition) is 1. The first-order valence-electron chi connectivity index (χ1n) is 6.34. The molecule has 2 aromatic carbocycles. The molecular weight excluding hydrogens is 322 g/mol. The van der Waals surface area contributed by atoms with Gasteiger partial charge in [0.2, 0.25) is 0 Å². The van der Waals surface area contributed by atoms with Gasteiger partial charge in [-0.1, -0.05) is 59.6 Å². The van der Waals surface area contributed by atoms with E-state index in [1.54, 1.807) is 0 Å². The summed E-state index contributed by atoms with van der Waals surface area (Å²) >= 11 is 9.63. The zero-order chi connectivity index (χ0) is 13.8. The minimum Gasteiger partial charge on any atom is -0.310 e. The van der Waals surface area contributed by atoms with Gasteiger partial charge in [0.25, 0.3) is 0 Å². The number of halogens is 2. The lowest BCUT2D eigenvalue weighted by molar-refractivity contribution is 0.589. The highest BCUT2D eigenvalue weighted by molar-refractivity contribution is 9.10. The van der Waals surface area contributed by atoms with Crippen LogP contribution in [-0.2, 0) is 6.54 Å². The summed E-state index contributed by atoms with van der Waals surface area (Å²) in [5.41, 5.74) is 3.64. The third-order valence-corrected chi connectivity index (χ3v) is 3.63. The molecule has 2 rings (SSSR count). The van der Waals surface area contributed by atoms with Crippen LogP contribution in [0.3, 0.4) is 0 Å².